The molecule has 0 aliphatic heterocycles. The molecule has 102 valence electrons. The molecule has 0 N–H and O–H groups in total. The number of esters is 2. The van der Waals surface area contributed by atoms with Crippen LogP contribution in [0, 0.1) is 0 Å². The fourth-order valence-corrected chi connectivity index (χ4v) is 1.51. The van der Waals surface area contributed by atoms with Crippen LogP contribution in [0.4, 0.5) is 0 Å². The molecular formula is C15H18O4. The van der Waals surface area contributed by atoms with E-state index in [0.29, 0.717) is 17.7 Å². The number of carbonyl (C=O) groups excluding carboxylic acids is 2. The number of benzene rings is 1. The second kappa shape index (κ2) is 7.36. The van der Waals surface area contributed by atoms with Gasteiger partial charge in [-0.3, -0.25) is 0 Å². The Morgan fingerprint density at radius 1 is 1.26 bits per heavy atom. The van der Waals surface area contributed by atoms with Crippen molar-refractivity contribution in [2.24, 2.45) is 0 Å². The lowest BCUT2D eigenvalue weighted by Gasteiger charge is -2.10. The number of hydrogen-bond acceptors (Lipinski definition) is 4. The van der Waals surface area contributed by atoms with Crippen LogP contribution in [0.1, 0.15) is 31.1 Å². The number of hydrogen-bond donors (Lipinski definition) is 0. The van der Waals surface area contributed by atoms with Crippen LogP contribution in [0.15, 0.2) is 42.0 Å². The molecule has 19 heavy (non-hydrogen) atoms. The maximum absolute atomic E-state index is 11.8. The highest BCUT2D eigenvalue weighted by atomic mass is 16.5. The molecule has 1 atom stereocenters. The van der Waals surface area contributed by atoms with Gasteiger partial charge in [-0.1, -0.05) is 18.2 Å². The van der Waals surface area contributed by atoms with Gasteiger partial charge in [-0.05, 0) is 39.0 Å². The van der Waals surface area contributed by atoms with Crippen molar-refractivity contribution in [1.29, 1.82) is 0 Å². The minimum Gasteiger partial charge on any atom is -0.463 e. The van der Waals surface area contributed by atoms with Gasteiger partial charge in [0, 0.05) is 5.57 Å². The van der Waals surface area contributed by atoms with Crippen LogP contribution in [-0.4, -0.2) is 24.6 Å². The lowest BCUT2D eigenvalue weighted by atomic mass is 10.2. The maximum Gasteiger partial charge on any atom is 0.338 e. The molecule has 1 aromatic carbocycles. The van der Waals surface area contributed by atoms with Crippen LogP contribution < -0.4 is 0 Å². The lowest BCUT2D eigenvalue weighted by molar-refractivity contribution is -0.138. The van der Waals surface area contributed by atoms with Crippen LogP contribution in [0.3, 0.4) is 0 Å². The van der Waals surface area contributed by atoms with E-state index in [1.807, 2.05) is 6.07 Å². The third kappa shape index (κ3) is 4.95. The van der Waals surface area contributed by atoms with Crippen LogP contribution in [0.2, 0.25) is 0 Å². The molecule has 0 fully saturated rings. The molecule has 1 unspecified atom stereocenters. The van der Waals surface area contributed by atoms with E-state index < -0.39 is 18.0 Å². The van der Waals surface area contributed by atoms with E-state index in [9.17, 15) is 9.59 Å². The van der Waals surface area contributed by atoms with Crippen molar-refractivity contribution in [2.75, 3.05) is 6.61 Å². The molecule has 0 aliphatic carbocycles. The fraction of sp³-hybridized carbons (Fsp3) is 0.333. The number of rotatable bonds is 5. The first-order valence-electron chi connectivity index (χ1n) is 6.16. The zero-order valence-electron chi connectivity index (χ0n) is 11.4. The van der Waals surface area contributed by atoms with E-state index >= 15 is 0 Å². The van der Waals surface area contributed by atoms with Crippen molar-refractivity contribution in [3.8, 4) is 0 Å². The Hall–Kier alpha value is -2.10. The summed E-state index contributed by atoms with van der Waals surface area (Å²) in [7, 11) is 0. The van der Waals surface area contributed by atoms with Crippen molar-refractivity contribution in [3.63, 3.8) is 0 Å². The number of ether oxygens (including phenoxy) is 2. The Balaban J connectivity index is 2.60. The van der Waals surface area contributed by atoms with Crippen LogP contribution in [-0.2, 0) is 14.3 Å². The highest BCUT2D eigenvalue weighted by Gasteiger charge is 2.12. The van der Waals surface area contributed by atoms with Gasteiger partial charge in [0.2, 0.25) is 0 Å². The third-order valence-corrected chi connectivity index (χ3v) is 2.38. The normalized spacial score (nSPS) is 12.7. The van der Waals surface area contributed by atoms with E-state index in [1.165, 1.54) is 0 Å². The molecular weight excluding hydrogens is 244 g/mol. The standard InChI is InChI=1S/C15H18O4/c1-4-18-14(16)11(2)10-12(3)19-15(17)13-8-6-5-7-9-13/h5-10,12H,4H2,1-3H3/b11-10+. The molecule has 1 aromatic rings. The first kappa shape index (κ1) is 15.0. The summed E-state index contributed by atoms with van der Waals surface area (Å²) in [6, 6.07) is 8.71. The summed E-state index contributed by atoms with van der Waals surface area (Å²) in [6.45, 7) is 5.39. The van der Waals surface area contributed by atoms with Crippen LogP contribution in [0.5, 0.6) is 0 Å². The van der Waals surface area contributed by atoms with E-state index in [-0.39, 0.29) is 0 Å². The molecule has 0 heterocycles. The summed E-state index contributed by atoms with van der Waals surface area (Å²) >= 11 is 0. The van der Waals surface area contributed by atoms with Crippen LogP contribution >= 0.6 is 0 Å². The van der Waals surface area contributed by atoms with Gasteiger partial charge in [0.1, 0.15) is 6.10 Å². The molecule has 4 nitrogen and oxygen atoms in total. The third-order valence-electron chi connectivity index (χ3n) is 2.38. The monoisotopic (exact) mass is 262 g/mol. The molecule has 1 rings (SSSR count). The van der Waals surface area contributed by atoms with Crippen molar-refractivity contribution in [2.45, 2.75) is 26.9 Å². The fourth-order valence-electron chi connectivity index (χ4n) is 1.51. The molecule has 0 bridgehead atoms. The molecule has 0 aliphatic rings. The summed E-state index contributed by atoms with van der Waals surface area (Å²) in [5.74, 6) is -0.814. The molecule has 0 aromatic heterocycles. The SMILES string of the molecule is CCOC(=O)/C(C)=C/C(C)OC(=O)c1ccccc1. The second-order valence-electron chi connectivity index (χ2n) is 4.05. The largest absolute Gasteiger partial charge is 0.463 e. The van der Waals surface area contributed by atoms with Gasteiger partial charge in [0.25, 0.3) is 0 Å². The average molecular weight is 262 g/mol. The van der Waals surface area contributed by atoms with E-state index in [0.717, 1.165) is 0 Å². The summed E-state index contributed by atoms with van der Waals surface area (Å²) < 4.78 is 10.1. The topological polar surface area (TPSA) is 52.6 Å². The molecule has 0 saturated heterocycles. The first-order chi connectivity index (χ1) is 9.04. The van der Waals surface area contributed by atoms with Gasteiger partial charge in [-0.25, -0.2) is 9.59 Å². The van der Waals surface area contributed by atoms with E-state index in [4.69, 9.17) is 9.47 Å². The van der Waals surface area contributed by atoms with Gasteiger partial charge >= 0.3 is 11.9 Å². The number of carbonyl (C=O) groups is 2. The summed E-state index contributed by atoms with van der Waals surface area (Å²) in [5.41, 5.74) is 0.909. The summed E-state index contributed by atoms with van der Waals surface area (Å²) in [5, 5.41) is 0. The summed E-state index contributed by atoms with van der Waals surface area (Å²) in [6.07, 6.45) is 1.08. The Kier molecular flexibility index (Phi) is 5.79. The Morgan fingerprint density at radius 3 is 2.47 bits per heavy atom. The zero-order valence-corrected chi connectivity index (χ0v) is 11.4. The Bertz CT molecular complexity index is 462. The predicted octanol–water partition coefficient (Wildman–Crippen LogP) is 2.74. The quantitative estimate of drug-likeness (QED) is 0.604. The van der Waals surface area contributed by atoms with Crippen molar-refractivity contribution >= 4 is 11.9 Å². The maximum atomic E-state index is 11.8. The van der Waals surface area contributed by atoms with Crippen molar-refractivity contribution in [3.05, 3.63) is 47.5 Å². The first-order valence-corrected chi connectivity index (χ1v) is 6.16. The van der Waals surface area contributed by atoms with Crippen LogP contribution in [0.25, 0.3) is 0 Å². The lowest BCUT2D eigenvalue weighted by Crippen LogP contribution is -2.15. The smallest absolute Gasteiger partial charge is 0.338 e. The second-order valence-corrected chi connectivity index (χ2v) is 4.05. The van der Waals surface area contributed by atoms with Gasteiger partial charge in [-0.2, -0.15) is 0 Å². The molecule has 0 radical (unpaired) electrons. The van der Waals surface area contributed by atoms with Gasteiger partial charge in [0.05, 0.1) is 12.2 Å². The van der Waals surface area contributed by atoms with E-state index in [1.54, 1.807) is 51.1 Å². The minimum atomic E-state index is -0.489. The minimum absolute atomic E-state index is 0.322. The predicted molar refractivity (Wildman–Crippen MR) is 71.7 cm³/mol. The Morgan fingerprint density at radius 2 is 1.89 bits per heavy atom. The van der Waals surface area contributed by atoms with Gasteiger partial charge in [-0.15, -0.1) is 0 Å². The van der Waals surface area contributed by atoms with Gasteiger partial charge in [0.15, 0.2) is 0 Å². The molecule has 4 heteroatoms. The average Bonchev–Trinajstić information content (AvgIpc) is 2.39. The van der Waals surface area contributed by atoms with Crippen molar-refractivity contribution < 1.29 is 19.1 Å². The summed E-state index contributed by atoms with van der Waals surface area (Å²) in [4.78, 5) is 23.2. The van der Waals surface area contributed by atoms with E-state index in [2.05, 4.69) is 0 Å². The van der Waals surface area contributed by atoms with Gasteiger partial charge < -0.3 is 9.47 Å². The molecule has 0 spiro atoms. The highest BCUT2D eigenvalue weighted by molar-refractivity contribution is 5.90. The zero-order chi connectivity index (χ0) is 14.3. The molecule has 0 saturated carbocycles. The Labute approximate surface area is 113 Å². The molecule has 0 amide bonds. The highest BCUT2D eigenvalue weighted by Crippen LogP contribution is 2.07. The van der Waals surface area contributed by atoms with Crippen molar-refractivity contribution in [1.82, 2.24) is 0 Å².